The van der Waals surface area contributed by atoms with Gasteiger partial charge in [0.1, 0.15) is 0 Å². The fourth-order valence-corrected chi connectivity index (χ4v) is 2.08. The monoisotopic (exact) mass is 216 g/mol. The van der Waals surface area contributed by atoms with E-state index in [4.69, 9.17) is 9.47 Å². The molecule has 0 amide bonds. The molecule has 4 heteroatoms. The number of rotatable bonds is 4. The van der Waals surface area contributed by atoms with Gasteiger partial charge in [-0.25, -0.2) is 4.79 Å². The first-order chi connectivity index (χ1) is 6.98. The van der Waals surface area contributed by atoms with Gasteiger partial charge in [-0.05, 0) is 20.3 Å². The first kappa shape index (κ1) is 12.5. The maximum absolute atomic E-state index is 11.3. The van der Waals surface area contributed by atoms with Gasteiger partial charge in [0, 0.05) is 19.4 Å². The van der Waals surface area contributed by atoms with E-state index in [-0.39, 0.29) is 5.60 Å². The van der Waals surface area contributed by atoms with Gasteiger partial charge in [0.25, 0.3) is 0 Å². The number of ether oxygens (including phenoxy) is 2. The highest BCUT2D eigenvalue weighted by atomic mass is 16.5. The van der Waals surface area contributed by atoms with Crippen molar-refractivity contribution < 1.29 is 19.4 Å². The zero-order valence-electron chi connectivity index (χ0n) is 9.71. The van der Waals surface area contributed by atoms with Crippen LogP contribution in [0.3, 0.4) is 0 Å². The molecular formula is C11H20O4. The molecular weight excluding hydrogens is 196 g/mol. The van der Waals surface area contributed by atoms with Gasteiger partial charge in [-0.3, -0.25) is 0 Å². The summed E-state index contributed by atoms with van der Waals surface area (Å²) >= 11 is 0. The van der Waals surface area contributed by atoms with E-state index < -0.39 is 11.6 Å². The Bertz CT molecular complexity index is 237. The van der Waals surface area contributed by atoms with Crippen LogP contribution in [0.15, 0.2) is 0 Å². The smallest absolute Gasteiger partial charge is 0.336 e. The normalized spacial score (nSPS) is 36.5. The summed E-state index contributed by atoms with van der Waals surface area (Å²) in [6.45, 7) is 6.65. The van der Waals surface area contributed by atoms with Crippen LogP contribution in [-0.2, 0) is 14.3 Å². The highest BCUT2D eigenvalue weighted by Crippen LogP contribution is 2.37. The molecule has 0 aromatic carbocycles. The maximum Gasteiger partial charge on any atom is 0.336 e. The lowest BCUT2D eigenvalue weighted by molar-refractivity contribution is -0.200. The number of carboxylic acid groups (broad SMARTS) is 1. The predicted octanol–water partition coefficient (Wildman–Crippen LogP) is 1.83. The SMILES string of the molecule is CCOC1(C(=O)O)CCOC(C)(CC)C1. The third-order valence-electron chi connectivity index (χ3n) is 3.17. The Balaban J connectivity index is 2.84. The summed E-state index contributed by atoms with van der Waals surface area (Å²) in [4.78, 5) is 11.3. The lowest BCUT2D eigenvalue weighted by Crippen LogP contribution is -2.53. The van der Waals surface area contributed by atoms with E-state index in [1.807, 2.05) is 20.8 Å². The fraction of sp³-hybridized carbons (Fsp3) is 0.909. The minimum atomic E-state index is -1.04. The van der Waals surface area contributed by atoms with Crippen LogP contribution in [0.1, 0.15) is 40.0 Å². The van der Waals surface area contributed by atoms with E-state index in [1.165, 1.54) is 0 Å². The van der Waals surface area contributed by atoms with Crippen LogP contribution in [0, 0.1) is 0 Å². The molecule has 2 atom stereocenters. The highest BCUT2D eigenvalue weighted by Gasteiger charge is 2.48. The summed E-state index contributed by atoms with van der Waals surface area (Å²) in [5.41, 5.74) is -1.41. The van der Waals surface area contributed by atoms with E-state index in [0.717, 1.165) is 6.42 Å². The number of hydrogen-bond acceptors (Lipinski definition) is 3. The Hall–Kier alpha value is -0.610. The first-order valence-electron chi connectivity index (χ1n) is 5.49. The summed E-state index contributed by atoms with van der Waals surface area (Å²) in [5, 5.41) is 9.27. The molecule has 1 heterocycles. The van der Waals surface area contributed by atoms with Crippen molar-refractivity contribution in [3.05, 3.63) is 0 Å². The Morgan fingerprint density at radius 3 is 2.67 bits per heavy atom. The maximum atomic E-state index is 11.3. The molecule has 0 aromatic heterocycles. The van der Waals surface area contributed by atoms with Crippen molar-refractivity contribution in [1.29, 1.82) is 0 Å². The van der Waals surface area contributed by atoms with Gasteiger partial charge in [-0.2, -0.15) is 0 Å². The molecule has 15 heavy (non-hydrogen) atoms. The topological polar surface area (TPSA) is 55.8 Å². The molecule has 1 rings (SSSR count). The minimum absolute atomic E-state index is 0.369. The minimum Gasteiger partial charge on any atom is -0.479 e. The number of carbonyl (C=O) groups is 1. The molecule has 1 N–H and O–H groups in total. The molecule has 0 aromatic rings. The number of aliphatic carboxylic acids is 1. The molecule has 2 unspecified atom stereocenters. The van der Waals surface area contributed by atoms with Crippen LogP contribution < -0.4 is 0 Å². The van der Waals surface area contributed by atoms with Gasteiger partial charge in [0.05, 0.1) is 12.2 Å². The van der Waals surface area contributed by atoms with Crippen molar-refractivity contribution in [2.24, 2.45) is 0 Å². The van der Waals surface area contributed by atoms with E-state index in [1.54, 1.807) is 0 Å². The van der Waals surface area contributed by atoms with Crippen molar-refractivity contribution in [2.75, 3.05) is 13.2 Å². The Morgan fingerprint density at radius 2 is 2.20 bits per heavy atom. The van der Waals surface area contributed by atoms with E-state index in [2.05, 4.69) is 0 Å². The second kappa shape index (κ2) is 4.49. The summed E-state index contributed by atoms with van der Waals surface area (Å²) in [6, 6.07) is 0. The van der Waals surface area contributed by atoms with Crippen molar-refractivity contribution in [1.82, 2.24) is 0 Å². The second-order valence-corrected chi connectivity index (χ2v) is 4.31. The third-order valence-corrected chi connectivity index (χ3v) is 3.17. The van der Waals surface area contributed by atoms with Crippen LogP contribution in [0.4, 0.5) is 0 Å². The lowest BCUT2D eigenvalue weighted by atomic mass is 9.81. The van der Waals surface area contributed by atoms with Crippen molar-refractivity contribution >= 4 is 5.97 Å². The molecule has 0 spiro atoms. The standard InChI is InChI=1S/C11H20O4/c1-4-10(3)8-11(9(12)13,14-5-2)6-7-15-10/h4-8H2,1-3H3,(H,12,13). The molecule has 1 fully saturated rings. The van der Waals surface area contributed by atoms with Crippen LogP contribution in [-0.4, -0.2) is 35.5 Å². The van der Waals surface area contributed by atoms with Gasteiger partial charge in [0.15, 0.2) is 5.60 Å². The van der Waals surface area contributed by atoms with Crippen LogP contribution in [0.25, 0.3) is 0 Å². The summed E-state index contributed by atoms with van der Waals surface area (Å²) in [7, 11) is 0. The quantitative estimate of drug-likeness (QED) is 0.778. The van der Waals surface area contributed by atoms with Crippen molar-refractivity contribution in [3.63, 3.8) is 0 Å². The zero-order valence-corrected chi connectivity index (χ0v) is 9.71. The number of hydrogen-bond donors (Lipinski definition) is 1. The molecule has 0 radical (unpaired) electrons. The average molecular weight is 216 g/mol. The molecule has 1 saturated heterocycles. The average Bonchev–Trinajstić information content (AvgIpc) is 2.18. The molecule has 4 nitrogen and oxygen atoms in total. The van der Waals surface area contributed by atoms with Gasteiger partial charge < -0.3 is 14.6 Å². The van der Waals surface area contributed by atoms with Crippen LogP contribution in [0.2, 0.25) is 0 Å². The molecule has 88 valence electrons. The highest BCUT2D eigenvalue weighted by molar-refractivity contribution is 5.77. The molecule has 0 aliphatic carbocycles. The molecule has 0 bridgehead atoms. The largest absolute Gasteiger partial charge is 0.479 e. The van der Waals surface area contributed by atoms with Gasteiger partial charge in [-0.15, -0.1) is 0 Å². The van der Waals surface area contributed by atoms with Crippen LogP contribution >= 0.6 is 0 Å². The zero-order chi connectivity index (χ0) is 11.5. The number of carboxylic acids is 1. The summed E-state index contributed by atoms with van der Waals surface area (Å²) in [5.74, 6) is -0.868. The van der Waals surface area contributed by atoms with E-state index >= 15 is 0 Å². The summed E-state index contributed by atoms with van der Waals surface area (Å²) in [6.07, 6.45) is 1.67. The fourth-order valence-electron chi connectivity index (χ4n) is 2.08. The molecule has 1 aliphatic rings. The molecule has 1 aliphatic heterocycles. The Kier molecular flexibility index (Phi) is 3.73. The van der Waals surface area contributed by atoms with E-state index in [9.17, 15) is 9.90 Å². The van der Waals surface area contributed by atoms with Crippen LogP contribution in [0.5, 0.6) is 0 Å². The van der Waals surface area contributed by atoms with Crippen molar-refractivity contribution in [2.45, 2.75) is 51.2 Å². The Labute approximate surface area is 90.6 Å². The first-order valence-corrected chi connectivity index (χ1v) is 5.49. The third kappa shape index (κ3) is 2.49. The molecule has 0 saturated carbocycles. The van der Waals surface area contributed by atoms with Crippen molar-refractivity contribution in [3.8, 4) is 0 Å². The second-order valence-electron chi connectivity index (χ2n) is 4.31. The van der Waals surface area contributed by atoms with E-state index in [0.29, 0.717) is 26.1 Å². The van der Waals surface area contributed by atoms with Gasteiger partial charge in [-0.1, -0.05) is 6.92 Å². The van der Waals surface area contributed by atoms with Gasteiger partial charge >= 0.3 is 5.97 Å². The Morgan fingerprint density at radius 1 is 1.53 bits per heavy atom. The predicted molar refractivity (Wildman–Crippen MR) is 55.9 cm³/mol. The van der Waals surface area contributed by atoms with Gasteiger partial charge in [0.2, 0.25) is 0 Å². The lowest BCUT2D eigenvalue weighted by Gasteiger charge is -2.43. The summed E-state index contributed by atoms with van der Waals surface area (Å²) < 4.78 is 11.1.